The number of rotatable bonds is 6. The molecular weight excluding hydrogens is 458 g/mol. The topological polar surface area (TPSA) is 62.5 Å². The number of aryl methyl sites for hydroxylation is 2. The van der Waals surface area contributed by atoms with Gasteiger partial charge in [-0.25, -0.2) is 4.39 Å². The number of halogens is 3. The predicted molar refractivity (Wildman–Crippen MR) is 109 cm³/mol. The molecule has 138 valence electrons. The van der Waals surface area contributed by atoms with Gasteiger partial charge in [-0.2, -0.15) is 0 Å². The third kappa shape index (κ3) is 5.85. The minimum Gasteiger partial charge on any atom is -0.361 e. The number of aromatic nitrogens is 1. The fraction of sp³-hybridized carbons (Fsp3) is 0.412. The first-order valence-corrected chi connectivity index (χ1v) is 8.31. The first kappa shape index (κ1) is 21.7. The molecule has 1 aromatic carbocycles. The number of nitrogens with one attached hydrogen (secondary N) is 2. The van der Waals surface area contributed by atoms with E-state index in [0.717, 1.165) is 35.4 Å². The lowest BCUT2D eigenvalue weighted by Crippen LogP contribution is -2.36. The lowest BCUT2D eigenvalue weighted by atomic mass is 10.1. The van der Waals surface area contributed by atoms with Crippen molar-refractivity contribution >= 4 is 41.5 Å². The van der Waals surface area contributed by atoms with Gasteiger partial charge in [0.25, 0.3) is 0 Å². The van der Waals surface area contributed by atoms with Crippen LogP contribution in [0.25, 0.3) is 0 Å². The zero-order valence-corrected chi connectivity index (χ0v) is 17.6. The van der Waals surface area contributed by atoms with Gasteiger partial charge in [-0.15, -0.1) is 24.0 Å². The van der Waals surface area contributed by atoms with Crippen LogP contribution in [0.2, 0.25) is 5.02 Å². The SMILES string of the molecule is CCc1noc(CC)c1CNC(=NC)NCc1ccc(F)c(Cl)c1.I. The summed E-state index contributed by atoms with van der Waals surface area (Å²) in [5, 5.41) is 10.6. The highest BCUT2D eigenvalue weighted by Gasteiger charge is 2.13. The summed E-state index contributed by atoms with van der Waals surface area (Å²) >= 11 is 5.79. The van der Waals surface area contributed by atoms with Crippen molar-refractivity contribution < 1.29 is 8.91 Å². The van der Waals surface area contributed by atoms with Gasteiger partial charge in [0.05, 0.1) is 10.7 Å². The lowest BCUT2D eigenvalue weighted by Gasteiger charge is -2.12. The van der Waals surface area contributed by atoms with Crippen LogP contribution in [0.3, 0.4) is 0 Å². The van der Waals surface area contributed by atoms with Crippen molar-refractivity contribution in [2.45, 2.75) is 39.8 Å². The maximum Gasteiger partial charge on any atom is 0.191 e. The van der Waals surface area contributed by atoms with Crippen molar-refractivity contribution in [3.05, 3.63) is 51.6 Å². The Kier molecular flexibility index (Phi) is 9.20. The van der Waals surface area contributed by atoms with E-state index in [1.807, 2.05) is 13.8 Å². The summed E-state index contributed by atoms with van der Waals surface area (Å²) in [5.74, 6) is 1.11. The summed E-state index contributed by atoms with van der Waals surface area (Å²) in [6.45, 7) is 5.16. The molecule has 2 aromatic rings. The molecule has 5 nitrogen and oxygen atoms in total. The van der Waals surface area contributed by atoms with Crippen molar-refractivity contribution in [1.29, 1.82) is 0 Å². The second-order valence-electron chi connectivity index (χ2n) is 5.27. The number of benzene rings is 1. The molecule has 0 fully saturated rings. The first-order valence-electron chi connectivity index (χ1n) is 7.93. The molecule has 0 unspecified atom stereocenters. The molecule has 0 aliphatic rings. The van der Waals surface area contributed by atoms with E-state index >= 15 is 0 Å². The monoisotopic (exact) mass is 480 g/mol. The third-order valence-electron chi connectivity index (χ3n) is 3.71. The Bertz CT molecular complexity index is 699. The smallest absolute Gasteiger partial charge is 0.191 e. The molecule has 1 aromatic heterocycles. The average molecular weight is 481 g/mol. The summed E-state index contributed by atoms with van der Waals surface area (Å²) in [5.41, 5.74) is 2.91. The number of hydrogen-bond donors (Lipinski definition) is 2. The largest absolute Gasteiger partial charge is 0.361 e. The van der Waals surface area contributed by atoms with Crippen LogP contribution >= 0.6 is 35.6 Å². The second kappa shape index (κ2) is 10.6. The Labute approximate surface area is 169 Å². The zero-order valence-electron chi connectivity index (χ0n) is 14.5. The number of nitrogens with zero attached hydrogens (tertiary/aromatic N) is 2. The summed E-state index contributed by atoms with van der Waals surface area (Å²) in [7, 11) is 1.70. The Morgan fingerprint density at radius 1 is 1.24 bits per heavy atom. The van der Waals surface area contributed by atoms with Crippen LogP contribution in [0, 0.1) is 5.82 Å². The van der Waals surface area contributed by atoms with E-state index in [4.69, 9.17) is 16.1 Å². The van der Waals surface area contributed by atoms with Crippen molar-refractivity contribution in [3.63, 3.8) is 0 Å². The molecule has 0 saturated heterocycles. The van der Waals surface area contributed by atoms with E-state index in [1.165, 1.54) is 6.07 Å². The van der Waals surface area contributed by atoms with Gasteiger partial charge >= 0.3 is 0 Å². The van der Waals surface area contributed by atoms with E-state index in [-0.39, 0.29) is 29.0 Å². The fourth-order valence-electron chi connectivity index (χ4n) is 2.37. The molecule has 0 spiro atoms. The standard InChI is InChI=1S/C17H22ClFN4O.HI/c1-4-15-12(16(5-2)24-23-15)10-22-17(20-3)21-9-11-6-7-14(19)13(18)8-11;/h6-8H,4-5,9-10H2,1-3H3,(H2,20,21,22);1H. The highest BCUT2D eigenvalue weighted by atomic mass is 127. The lowest BCUT2D eigenvalue weighted by molar-refractivity contribution is 0.380. The molecule has 2 N–H and O–H groups in total. The van der Waals surface area contributed by atoms with Crippen LogP contribution in [0.4, 0.5) is 4.39 Å². The van der Waals surface area contributed by atoms with Gasteiger partial charge < -0.3 is 15.2 Å². The number of guanidine groups is 1. The molecule has 0 radical (unpaired) electrons. The first-order chi connectivity index (χ1) is 11.6. The highest BCUT2D eigenvalue weighted by Crippen LogP contribution is 2.16. The van der Waals surface area contributed by atoms with Crippen molar-refractivity contribution in [1.82, 2.24) is 15.8 Å². The number of hydrogen-bond acceptors (Lipinski definition) is 3. The zero-order chi connectivity index (χ0) is 17.5. The molecule has 2 rings (SSSR count). The Hall–Kier alpha value is -1.35. The third-order valence-corrected chi connectivity index (χ3v) is 4.00. The normalized spacial score (nSPS) is 11.2. The van der Waals surface area contributed by atoms with E-state index in [9.17, 15) is 4.39 Å². The molecule has 0 aliphatic carbocycles. The van der Waals surface area contributed by atoms with E-state index in [2.05, 4.69) is 20.8 Å². The van der Waals surface area contributed by atoms with Gasteiger partial charge in [-0.1, -0.05) is 36.7 Å². The van der Waals surface area contributed by atoms with Crippen molar-refractivity contribution in [2.75, 3.05) is 7.05 Å². The predicted octanol–water partition coefficient (Wildman–Crippen LogP) is 4.08. The van der Waals surface area contributed by atoms with Gasteiger partial charge in [-0.05, 0) is 24.1 Å². The maximum atomic E-state index is 13.2. The van der Waals surface area contributed by atoms with Gasteiger partial charge in [-0.3, -0.25) is 4.99 Å². The van der Waals surface area contributed by atoms with Crippen LogP contribution in [0.5, 0.6) is 0 Å². The van der Waals surface area contributed by atoms with Crippen molar-refractivity contribution in [2.24, 2.45) is 4.99 Å². The van der Waals surface area contributed by atoms with Crippen LogP contribution in [-0.4, -0.2) is 18.2 Å². The minimum atomic E-state index is -0.422. The molecule has 25 heavy (non-hydrogen) atoms. The van der Waals surface area contributed by atoms with E-state index in [1.54, 1.807) is 19.2 Å². The second-order valence-corrected chi connectivity index (χ2v) is 5.67. The van der Waals surface area contributed by atoms with Crippen LogP contribution in [0.1, 0.15) is 36.4 Å². The molecule has 8 heteroatoms. The summed E-state index contributed by atoms with van der Waals surface area (Å²) in [4.78, 5) is 4.19. The van der Waals surface area contributed by atoms with Gasteiger partial charge in [0.15, 0.2) is 5.96 Å². The van der Waals surface area contributed by atoms with Crippen LogP contribution in [-0.2, 0) is 25.9 Å². The Morgan fingerprint density at radius 2 is 1.96 bits per heavy atom. The van der Waals surface area contributed by atoms with Gasteiger partial charge in [0, 0.05) is 32.1 Å². The van der Waals surface area contributed by atoms with Crippen molar-refractivity contribution in [3.8, 4) is 0 Å². The quantitative estimate of drug-likeness (QED) is 0.372. The Morgan fingerprint density at radius 3 is 2.56 bits per heavy atom. The summed E-state index contributed by atoms with van der Waals surface area (Å²) < 4.78 is 18.5. The van der Waals surface area contributed by atoms with E-state index in [0.29, 0.717) is 19.0 Å². The maximum absolute atomic E-state index is 13.2. The molecular formula is C17H23ClFIN4O. The minimum absolute atomic E-state index is 0. The summed E-state index contributed by atoms with van der Waals surface area (Å²) in [6.07, 6.45) is 1.62. The van der Waals surface area contributed by atoms with Crippen LogP contribution in [0.15, 0.2) is 27.7 Å². The average Bonchev–Trinajstić information content (AvgIpc) is 3.00. The Balaban J connectivity index is 0.00000312. The highest BCUT2D eigenvalue weighted by molar-refractivity contribution is 14.0. The summed E-state index contributed by atoms with van der Waals surface area (Å²) in [6, 6.07) is 4.64. The van der Waals surface area contributed by atoms with Gasteiger partial charge in [0.2, 0.25) is 0 Å². The molecule has 0 atom stereocenters. The molecule has 0 saturated carbocycles. The molecule has 0 bridgehead atoms. The molecule has 0 aliphatic heterocycles. The van der Waals surface area contributed by atoms with Gasteiger partial charge in [0.1, 0.15) is 11.6 Å². The molecule has 1 heterocycles. The van der Waals surface area contributed by atoms with Crippen LogP contribution < -0.4 is 10.6 Å². The fourth-order valence-corrected chi connectivity index (χ4v) is 2.57. The molecule has 0 amide bonds. The van der Waals surface area contributed by atoms with E-state index < -0.39 is 5.82 Å². The number of aliphatic imine (C=N–C) groups is 1.